The van der Waals surface area contributed by atoms with Crippen LogP contribution < -0.4 is 9.47 Å². The van der Waals surface area contributed by atoms with Gasteiger partial charge in [0, 0.05) is 18.0 Å². The fraction of sp³-hybridized carbons (Fsp3) is 0.214. The second kappa shape index (κ2) is 10.6. The number of imidazole rings is 1. The standard InChI is InChI=1S/C28H26N2O4/c1-3-7-22(17-28(31)32)21-10-12-23(13-11-21)34-19-20-14-15-30-18-25(29-27(30)16-20)24-8-5-6-9-26(24)33-4-2/h5-6,8-16,18,22H,4,17,19H2,1-2H3,(H,31,32). The van der Waals surface area contributed by atoms with Crippen molar-refractivity contribution in [1.82, 2.24) is 9.38 Å². The molecule has 2 aromatic carbocycles. The molecule has 6 heteroatoms. The van der Waals surface area contributed by atoms with Crippen LogP contribution in [0.1, 0.15) is 37.3 Å². The Morgan fingerprint density at radius 3 is 2.65 bits per heavy atom. The van der Waals surface area contributed by atoms with Crippen molar-refractivity contribution in [2.75, 3.05) is 6.61 Å². The zero-order chi connectivity index (χ0) is 23.9. The van der Waals surface area contributed by atoms with Crippen molar-refractivity contribution in [3.05, 3.63) is 84.2 Å². The van der Waals surface area contributed by atoms with E-state index in [1.165, 1.54) is 0 Å². The summed E-state index contributed by atoms with van der Waals surface area (Å²) in [4.78, 5) is 15.9. The molecule has 1 unspecified atom stereocenters. The number of hydrogen-bond acceptors (Lipinski definition) is 4. The van der Waals surface area contributed by atoms with E-state index < -0.39 is 5.97 Å². The fourth-order valence-corrected chi connectivity index (χ4v) is 3.77. The molecule has 0 aliphatic carbocycles. The van der Waals surface area contributed by atoms with Gasteiger partial charge in [-0.15, -0.1) is 5.92 Å². The number of fused-ring (bicyclic) bond motifs is 1. The SMILES string of the molecule is CC#CC(CC(=O)O)c1ccc(OCc2ccn3cc(-c4ccccc4OCC)nc3c2)cc1. The van der Waals surface area contributed by atoms with Crippen molar-refractivity contribution in [1.29, 1.82) is 0 Å². The van der Waals surface area contributed by atoms with Crippen LogP contribution in [-0.2, 0) is 11.4 Å². The lowest BCUT2D eigenvalue weighted by Gasteiger charge is -2.11. The summed E-state index contributed by atoms with van der Waals surface area (Å²) in [5.74, 6) is 6.09. The number of hydrogen-bond donors (Lipinski definition) is 1. The summed E-state index contributed by atoms with van der Waals surface area (Å²) >= 11 is 0. The van der Waals surface area contributed by atoms with Crippen LogP contribution in [0, 0.1) is 11.8 Å². The Morgan fingerprint density at radius 1 is 1.12 bits per heavy atom. The molecule has 4 rings (SSSR count). The number of carboxylic acid groups (broad SMARTS) is 1. The highest BCUT2D eigenvalue weighted by Crippen LogP contribution is 2.29. The van der Waals surface area contributed by atoms with Gasteiger partial charge in [0.15, 0.2) is 0 Å². The number of carbonyl (C=O) groups is 1. The maximum Gasteiger partial charge on any atom is 0.304 e. The van der Waals surface area contributed by atoms with Gasteiger partial charge >= 0.3 is 5.97 Å². The summed E-state index contributed by atoms with van der Waals surface area (Å²) in [6.07, 6.45) is 3.93. The topological polar surface area (TPSA) is 73.1 Å². The van der Waals surface area contributed by atoms with Crippen LogP contribution in [0.4, 0.5) is 0 Å². The fourth-order valence-electron chi connectivity index (χ4n) is 3.77. The van der Waals surface area contributed by atoms with E-state index in [9.17, 15) is 4.79 Å². The van der Waals surface area contributed by atoms with Crippen LogP contribution >= 0.6 is 0 Å². The third-order valence-electron chi connectivity index (χ3n) is 5.37. The summed E-state index contributed by atoms with van der Waals surface area (Å²) in [5.41, 5.74) is 4.49. The van der Waals surface area contributed by atoms with Crippen molar-refractivity contribution in [2.24, 2.45) is 0 Å². The summed E-state index contributed by atoms with van der Waals surface area (Å²) in [7, 11) is 0. The van der Waals surface area contributed by atoms with E-state index >= 15 is 0 Å². The summed E-state index contributed by atoms with van der Waals surface area (Å²) in [6, 6.07) is 19.3. The normalized spacial score (nSPS) is 11.5. The number of pyridine rings is 1. The van der Waals surface area contributed by atoms with Gasteiger partial charge in [-0.25, -0.2) is 4.98 Å². The van der Waals surface area contributed by atoms with Crippen LogP contribution in [0.25, 0.3) is 16.9 Å². The average molecular weight is 455 g/mol. The second-order valence-corrected chi connectivity index (χ2v) is 7.76. The molecular weight excluding hydrogens is 428 g/mol. The first-order chi connectivity index (χ1) is 16.6. The molecular formula is C28H26N2O4. The van der Waals surface area contributed by atoms with Gasteiger partial charge in [-0.1, -0.05) is 30.2 Å². The largest absolute Gasteiger partial charge is 0.493 e. The van der Waals surface area contributed by atoms with E-state index in [4.69, 9.17) is 19.6 Å². The van der Waals surface area contributed by atoms with E-state index in [-0.39, 0.29) is 12.3 Å². The zero-order valence-corrected chi connectivity index (χ0v) is 19.2. The number of rotatable bonds is 9. The smallest absolute Gasteiger partial charge is 0.304 e. The molecule has 0 aliphatic heterocycles. The number of aliphatic carboxylic acids is 1. The van der Waals surface area contributed by atoms with Crippen LogP contribution in [0.15, 0.2) is 73.1 Å². The zero-order valence-electron chi connectivity index (χ0n) is 19.2. The molecule has 0 bridgehead atoms. The molecule has 172 valence electrons. The molecule has 1 atom stereocenters. The van der Waals surface area contributed by atoms with E-state index in [1.54, 1.807) is 6.92 Å². The number of aromatic nitrogens is 2. The lowest BCUT2D eigenvalue weighted by Crippen LogP contribution is -2.04. The Labute approximate surface area is 198 Å². The van der Waals surface area contributed by atoms with Crippen molar-refractivity contribution < 1.29 is 19.4 Å². The summed E-state index contributed by atoms with van der Waals surface area (Å²) in [5, 5.41) is 9.11. The molecule has 4 aromatic rings. The first kappa shape index (κ1) is 22.9. The first-order valence-corrected chi connectivity index (χ1v) is 11.1. The third-order valence-corrected chi connectivity index (χ3v) is 5.37. The van der Waals surface area contributed by atoms with Gasteiger partial charge in [-0.2, -0.15) is 0 Å². The average Bonchev–Trinajstić information content (AvgIpc) is 3.26. The van der Waals surface area contributed by atoms with E-state index in [1.807, 2.05) is 84.4 Å². The summed E-state index contributed by atoms with van der Waals surface area (Å²) in [6.45, 7) is 4.66. The molecule has 0 radical (unpaired) electrons. The Morgan fingerprint density at radius 2 is 1.91 bits per heavy atom. The van der Waals surface area contributed by atoms with E-state index in [0.717, 1.165) is 33.8 Å². The van der Waals surface area contributed by atoms with Crippen LogP contribution in [0.3, 0.4) is 0 Å². The van der Waals surface area contributed by atoms with Crippen molar-refractivity contribution in [3.63, 3.8) is 0 Å². The minimum absolute atomic E-state index is 0.0254. The lowest BCUT2D eigenvalue weighted by atomic mass is 9.96. The Balaban J connectivity index is 1.47. The second-order valence-electron chi connectivity index (χ2n) is 7.76. The van der Waals surface area contributed by atoms with Gasteiger partial charge in [0.1, 0.15) is 23.8 Å². The van der Waals surface area contributed by atoms with E-state index in [0.29, 0.717) is 19.0 Å². The molecule has 6 nitrogen and oxygen atoms in total. The summed E-state index contributed by atoms with van der Waals surface area (Å²) < 4.78 is 13.7. The Hall–Kier alpha value is -4.24. The highest BCUT2D eigenvalue weighted by Gasteiger charge is 2.13. The maximum absolute atomic E-state index is 11.1. The van der Waals surface area contributed by atoms with Crippen LogP contribution in [-0.4, -0.2) is 27.1 Å². The highest BCUT2D eigenvalue weighted by molar-refractivity contribution is 5.69. The molecule has 0 amide bonds. The molecule has 0 fully saturated rings. The molecule has 2 aromatic heterocycles. The number of ether oxygens (including phenoxy) is 2. The van der Waals surface area contributed by atoms with Gasteiger partial charge in [-0.05, 0) is 61.4 Å². The predicted octanol–water partition coefficient (Wildman–Crippen LogP) is 5.56. The van der Waals surface area contributed by atoms with Gasteiger partial charge in [0.25, 0.3) is 0 Å². The minimum Gasteiger partial charge on any atom is -0.493 e. The molecule has 0 spiro atoms. The highest BCUT2D eigenvalue weighted by atomic mass is 16.5. The molecule has 2 heterocycles. The van der Waals surface area contributed by atoms with Gasteiger partial charge in [-0.3, -0.25) is 4.79 Å². The first-order valence-electron chi connectivity index (χ1n) is 11.1. The lowest BCUT2D eigenvalue weighted by molar-refractivity contribution is -0.137. The number of benzene rings is 2. The maximum atomic E-state index is 11.1. The Bertz CT molecular complexity index is 1350. The monoisotopic (exact) mass is 454 g/mol. The van der Waals surface area contributed by atoms with Gasteiger partial charge in [0.2, 0.25) is 0 Å². The molecule has 34 heavy (non-hydrogen) atoms. The van der Waals surface area contributed by atoms with Crippen molar-refractivity contribution in [2.45, 2.75) is 32.8 Å². The predicted molar refractivity (Wildman–Crippen MR) is 131 cm³/mol. The number of para-hydroxylation sites is 1. The number of carboxylic acids is 1. The van der Waals surface area contributed by atoms with Crippen molar-refractivity contribution in [3.8, 4) is 34.6 Å². The minimum atomic E-state index is -0.869. The molecule has 0 saturated heterocycles. The van der Waals surface area contributed by atoms with Gasteiger partial charge in [0.05, 0.1) is 24.6 Å². The van der Waals surface area contributed by atoms with Crippen LogP contribution in [0.5, 0.6) is 11.5 Å². The molecule has 1 N–H and O–H groups in total. The van der Waals surface area contributed by atoms with Crippen LogP contribution in [0.2, 0.25) is 0 Å². The van der Waals surface area contributed by atoms with Gasteiger partial charge < -0.3 is 19.0 Å². The Kier molecular flexibility index (Phi) is 7.14. The molecule has 0 saturated carbocycles. The number of nitrogens with zero attached hydrogens (tertiary/aromatic N) is 2. The van der Waals surface area contributed by atoms with Crippen molar-refractivity contribution >= 4 is 11.6 Å². The van der Waals surface area contributed by atoms with E-state index in [2.05, 4.69) is 11.8 Å². The quantitative estimate of drug-likeness (QED) is 0.335. The molecule has 0 aliphatic rings. The third kappa shape index (κ3) is 5.38.